The van der Waals surface area contributed by atoms with E-state index >= 15 is 0 Å². The Balaban J connectivity index is 1.56. The first-order valence-electron chi connectivity index (χ1n) is 10.2. The lowest BCUT2D eigenvalue weighted by Gasteiger charge is -2.19. The van der Waals surface area contributed by atoms with Crippen molar-refractivity contribution in [3.05, 3.63) is 78.4 Å². The van der Waals surface area contributed by atoms with Crippen LogP contribution in [0.4, 0.5) is 11.5 Å². The zero-order valence-corrected chi connectivity index (χ0v) is 18.8. The lowest BCUT2D eigenvalue weighted by atomic mass is 10.2. The molecular weight excluding hydrogens is 428 g/mol. The maximum Gasteiger partial charge on any atom is 0.248 e. The van der Waals surface area contributed by atoms with Crippen molar-refractivity contribution in [1.82, 2.24) is 9.71 Å². The zero-order valence-electron chi connectivity index (χ0n) is 18.0. The van der Waals surface area contributed by atoms with Gasteiger partial charge in [-0.15, -0.1) is 0 Å². The van der Waals surface area contributed by atoms with Crippen LogP contribution in [0.1, 0.15) is 25.2 Å². The third-order valence-electron chi connectivity index (χ3n) is 4.74. The average molecular weight is 455 g/mol. The van der Waals surface area contributed by atoms with Gasteiger partial charge in [-0.2, -0.15) is 0 Å². The Morgan fingerprint density at radius 2 is 1.84 bits per heavy atom. The standard InChI is InChI=1S/C23H26N4O4S/c1-3-27(4-2)22-13-10-19(16-24-22)26-23(28)14-9-18-7-11-21(12-8-18)32(29,30)25-17-20-6-5-15-31-20/h5-16,25H,3-4,17H2,1-2H3,(H,26,28). The van der Waals surface area contributed by atoms with E-state index in [1.54, 1.807) is 36.5 Å². The number of hydrogen-bond acceptors (Lipinski definition) is 6. The number of aromatic nitrogens is 1. The highest BCUT2D eigenvalue weighted by atomic mass is 32.2. The molecule has 0 spiro atoms. The Morgan fingerprint density at radius 3 is 2.44 bits per heavy atom. The summed E-state index contributed by atoms with van der Waals surface area (Å²) >= 11 is 0. The molecule has 168 valence electrons. The van der Waals surface area contributed by atoms with Crippen molar-refractivity contribution in [2.45, 2.75) is 25.3 Å². The maximum absolute atomic E-state index is 12.4. The Bertz CT molecular complexity index is 1140. The van der Waals surface area contributed by atoms with Gasteiger partial charge in [0.25, 0.3) is 0 Å². The zero-order chi connectivity index (χ0) is 23.0. The van der Waals surface area contributed by atoms with Crippen LogP contribution >= 0.6 is 0 Å². The maximum atomic E-state index is 12.4. The summed E-state index contributed by atoms with van der Waals surface area (Å²) < 4.78 is 32.3. The van der Waals surface area contributed by atoms with Crippen LogP contribution in [0.25, 0.3) is 6.08 Å². The number of hydrogen-bond donors (Lipinski definition) is 2. The first-order chi connectivity index (χ1) is 15.4. The lowest BCUT2D eigenvalue weighted by molar-refractivity contribution is -0.111. The fraction of sp³-hybridized carbons (Fsp3) is 0.217. The molecule has 2 heterocycles. The summed E-state index contributed by atoms with van der Waals surface area (Å²) in [5.74, 6) is 1.08. The number of pyridine rings is 1. The highest BCUT2D eigenvalue weighted by Crippen LogP contribution is 2.15. The smallest absolute Gasteiger partial charge is 0.248 e. The molecule has 9 heteroatoms. The van der Waals surface area contributed by atoms with E-state index in [2.05, 4.69) is 33.8 Å². The highest BCUT2D eigenvalue weighted by Gasteiger charge is 2.14. The number of carbonyl (C=O) groups excluding carboxylic acids is 1. The van der Waals surface area contributed by atoms with Gasteiger partial charge in [-0.05, 0) is 61.9 Å². The van der Waals surface area contributed by atoms with E-state index in [9.17, 15) is 13.2 Å². The number of benzene rings is 1. The minimum absolute atomic E-state index is 0.0713. The van der Waals surface area contributed by atoms with Crippen molar-refractivity contribution >= 4 is 33.5 Å². The molecular formula is C23H26N4O4S. The third-order valence-corrected chi connectivity index (χ3v) is 6.15. The van der Waals surface area contributed by atoms with E-state index in [0.717, 1.165) is 18.9 Å². The summed E-state index contributed by atoms with van der Waals surface area (Å²) in [6.07, 6.45) is 6.10. The average Bonchev–Trinajstić information content (AvgIpc) is 3.32. The summed E-state index contributed by atoms with van der Waals surface area (Å²) in [6.45, 7) is 5.91. The molecule has 3 rings (SSSR count). The van der Waals surface area contributed by atoms with Gasteiger partial charge in [0.2, 0.25) is 15.9 Å². The van der Waals surface area contributed by atoms with Gasteiger partial charge in [-0.25, -0.2) is 18.1 Å². The second-order valence-electron chi connectivity index (χ2n) is 6.87. The van der Waals surface area contributed by atoms with Gasteiger partial charge in [0.1, 0.15) is 11.6 Å². The predicted molar refractivity (Wildman–Crippen MR) is 125 cm³/mol. The monoisotopic (exact) mass is 454 g/mol. The summed E-state index contributed by atoms with van der Waals surface area (Å²) in [4.78, 5) is 18.8. The molecule has 0 aliphatic carbocycles. The number of furan rings is 1. The Labute approximate surface area is 188 Å². The minimum Gasteiger partial charge on any atom is -0.468 e. The second-order valence-corrected chi connectivity index (χ2v) is 8.64. The van der Waals surface area contributed by atoms with Crippen molar-refractivity contribution in [3.8, 4) is 0 Å². The van der Waals surface area contributed by atoms with Crippen LogP contribution in [-0.2, 0) is 21.4 Å². The van der Waals surface area contributed by atoms with Gasteiger partial charge < -0.3 is 14.6 Å². The normalized spacial score (nSPS) is 11.6. The summed E-state index contributed by atoms with van der Waals surface area (Å²) in [5, 5.41) is 2.76. The Hall–Kier alpha value is -3.43. The first-order valence-corrected chi connectivity index (χ1v) is 11.7. The Kier molecular flexibility index (Phi) is 7.80. The predicted octanol–water partition coefficient (Wildman–Crippen LogP) is 3.65. The van der Waals surface area contributed by atoms with Crippen LogP contribution in [0.2, 0.25) is 0 Å². The topological polar surface area (TPSA) is 105 Å². The van der Waals surface area contributed by atoms with Gasteiger partial charge in [-0.3, -0.25) is 4.79 Å². The van der Waals surface area contributed by atoms with Crippen molar-refractivity contribution in [2.24, 2.45) is 0 Å². The van der Waals surface area contributed by atoms with E-state index in [1.165, 1.54) is 24.5 Å². The van der Waals surface area contributed by atoms with Crippen molar-refractivity contribution in [3.63, 3.8) is 0 Å². The van der Waals surface area contributed by atoms with Gasteiger partial charge in [0.15, 0.2) is 0 Å². The highest BCUT2D eigenvalue weighted by molar-refractivity contribution is 7.89. The van der Waals surface area contributed by atoms with Crippen LogP contribution in [0, 0.1) is 0 Å². The van der Waals surface area contributed by atoms with Crippen LogP contribution < -0.4 is 14.9 Å². The van der Waals surface area contributed by atoms with Crippen LogP contribution in [0.15, 0.2) is 76.4 Å². The molecule has 1 aromatic carbocycles. The number of anilines is 2. The molecule has 32 heavy (non-hydrogen) atoms. The molecule has 1 amide bonds. The van der Waals surface area contributed by atoms with Crippen molar-refractivity contribution in [2.75, 3.05) is 23.3 Å². The molecule has 0 radical (unpaired) electrons. The van der Waals surface area contributed by atoms with Crippen molar-refractivity contribution < 1.29 is 17.6 Å². The SMILES string of the molecule is CCN(CC)c1ccc(NC(=O)C=Cc2ccc(S(=O)(=O)NCc3ccco3)cc2)cn1. The van der Waals surface area contributed by atoms with Gasteiger partial charge >= 0.3 is 0 Å². The van der Waals surface area contributed by atoms with Crippen LogP contribution in [-0.4, -0.2) is 32.4 Å². The Morgan fingerprint density at radius 1 is 1.09 bits per heavy atom. The third kappa shape index (κ3) is 6.29. The molecule has 0 saturated heterocycles. The van der Waals surface area contributed by atoms with E-state index in [0.29, 0.717) is 17.0 Å². The quantitative estimate of drug-likeness (QED) is 0.453. The largest absolute Gasteiger partial charge is 0.468 e. The molecule has 2 aromatic heterocycles. The molecule has 0 fully saturated rings. The fourth-order valence-corrected chi connectivity index (χ4v) is 3.96. The number of nitrogens with one attached hydrogen (secondary N) is 2. The number of sulfonamides is 1. The molecule has 8 nitrogen and oxygen atoms in total. The lowest BCUT2D eigenvalue weighted by Crippen LogP contribution is -2.22. The first kappa shape index (κ1) is 23.2. The number of amides is 1. The molecule has 0 bridgehead atoms. The van der Waals surface area contributed by atoms with Crippen molar-refractivity contribution in [1.29, 1.82) is 0 Å². The van der Waals surface area contributed by atoms with Crippen LogP contribution in [0.3, 0.4) is 0 Å². The van der Waals surface area contributed by atoms with E-state index in [-0.39, 0.29) is 17.3 Å². The summed E-state index contributed by atoms with van der Waals surface area (Å²) in [6, 6.07) is 13.3. The molecule has 0 atom stereocenters. The van der Waals surface area contributed by atoms with Gasteiger partial charge in [0, 0.05) is 19.2 Å². The van der Waals surface area contributed by atoms with E-state index in [4.69, 9.17) is 4.42 Å². The van der Waals surface area contributed by atoms with Crippen LogP contribution in [0.5, 0.6) is 0 Å². The minimum atomic E-state index is -3.66. The molecule has 0 saturated carbocycles. The fourth-order valence-electron chi connectivity index (χ4n) is 2.97. The number of rotatable bonds is 10. The molecule has 0 aliphatic rings. The molecule has 2 N–H and O–H groups in total. The van der Waals surface area contributed by atoms with E-state index in [1.807, 2.05) is 12.1 Å². The van der Waals surface area contributed by atoms with Gasteiger partial charge in [-0.1, -0.05) is 12.1 Å². The number of nitrogens with zero attached hydrogens (tertiary/aromatic N) is 2. The van der Waals surface area contributed by atoms with E-state index < -0.39 is 10.0 Å². The molecule has 3 aromatic rings. The summed E-state index contributed by atoms with van der Waals surface area (Å²) in [5.41, 5.74) is 1.29. The molecule has 0 unspecified atom stereocenters. The number of carbonyl (C=O) groups is 1. The second kappa shape index (κ2) is 10.7. The molecule has 0 aliphatic heterocycles. The van der Waals surface area contributed by atoms with Gasteiger partial charge in [0.05, 0.1) is 29.6 Å². The summed E-state index contributed by atoms with van der Waals surface area (Å²) in [7, 11) is -3.66.